The molecule has 0 radical (unpaired) electrons. The van der Waals surface area contributed by atoms with E-state index < -0.39 is 37.1 Å². The van der Waals surface area contributed by atoms with Gasteiger partial charge < -0.3 is 24.7 Å². The normalized spacial score (nSPS) is 16.3. The van der Waals surface area contributed by atoms with E-state index in [4.69, 9.17) is 9.47 Å². The summed E-state index contributed by atoms with van der Waals surface area (Å²) in [6, 6.07) is 13.3. The second-order valence-corrected chi connectivity index (χ2v) is 11.9. The first-order valence-corrected chi connectivity index (χ1v) is 15.0. The minimum absolute atomic E-state index is 0.0414. The van der Waals surface area contributed by atoms with Crippen molar-refractivity contribution < 1.29 is 32.0 Å². The second kappa shape index (κ2) is 11.1. The number of anilines is 3. The zero-order valence-electron chi connectivity index (χ0n) is 22.7. The first kappa shape index (κ1) is 28.4. The van der Waals surface area contributed by atoms with E-state index in [-0.39, 0.29) is 50.5 Å². The van der Waals surface area contributed by atoms with Crippen LogP contribution in [0.4, 0.5) is 27.1 Å². The number of nitro groups is 1. The van der Waals surface area contributed by atoms with Crippen molar-refractivity contribution in [3.63, 3.8) is 0 Å². The largest absolute Gasteiger partial charge is 0.474 e. The minimum atomic E-state index is -4.54. The number of pyridine rings is 1. The molecule has 15 heteroatoms. The molecule has 3 N–H and O–H groups in total. The molecule has 43 heavy (non-hydrogen) atoms. The third-order valence-corrected chi connectivity index (χ3v) is 8.78. The fourth-order valence-corrected chi connectivity index (χ4v) is 6.13. The number of aromatic amines is 1. The van der Waals surface area contributed by atoms with Gasteiger partial charge in [-0.05, 0) is 36.4 Å². The molecule has 0 spiro atoms. The molecule has 2 aliphatic heterocycles. The van der Waals surface area contributed by atoms with Crippen molar-refractivity contribution in [2.75, 3.05) is 43.1 Å². The number of benzene rings is 2. The first-order chi connectivity index (χ1) is 20.6. The molecule has 2 aromatic heterocycles. The van der Waals surface area contributed by atoms with Gasteiger partial charge in [0.25, 0.3) is 21.6 Å². The number of carbonyl (C=O) groups is 1. The molecular weight excluding hydrogens is 583 g/mol. The SMILES string of the molecule is O=C(NS(=O)(=O)c1ccc(NCC2(F)CCOCC2)c([N+](=O)[O-])c1)c1ccccc1N1CCOc2nc3[nH]ccc3cc21. The molecule has 4 heterocycles. The Morgan fingerprint density at radius 3 is 2.70 bits per heavy atom. The monoisotopic (exact) mass is 610 g/mol. The zero-order valence-corrected chi connectivity index (χ0v) is 23.5. The molecule has 1 saturated heterocycles. The number of H-pyrrole nitrogens is 1. The number of aromatic nitrogens is 2. The number of nitrogens with one attached hydrogen (secondary N) is 3. The lowest BCUT2D eigenvalue weighted by Gasteiger charge is -2.31. The number of amides is 1. The second-order valence-electron chi connectivity index (χ2n) is 10.2. The quantitative estimate of drug-likeness (QED) is 0.195. The summed E-state index contributed by atoms with van der Waals surface area (Å²) < 4.78 is 54.5. The maximum atomic E-state index is 15.0. The maximum absolute atomic E-state index is 15.0. The number of nitro benzene ring substituents is 1. The van der Waals surface area contributed by atoms with E-state index >= 15 is 0 Å². The number of nitrogens with zero attached hydrogens (tertiary/aromatic N) is 3. The van der Waals surface area contributed by atoms with Gasteiger partial charge in [-0.1, -0.05) is 12.1 Å². The number of hydrogen-bond donors (Lipinski definition) is 3. The predicted molar refractivity (Wildman–Crippen MR) is 155 cm³/mol. The topological polar surface area (TPSA) is 169 Å². The summed E-state index contributed by atoms with van der Waals surface area (Å²) in [5.41, 5.74) is -0.485. The highest BCUT2D eigenvalue weighted by atomic mass is 32.2. The molecule has 0 unspecified atom stereocenters. The number of alkyl halides is 1. The van der Waals surface area contributed by atoms with Crippen LogP contribution in [0.3, 0.4) is 0 Å². The number of halogens is 1. The summed E-state index contributed by atoms with van der Waals surface area (Å²) in [5.74, 6) is -0.566. The van der Waals surface area contributed by atoms with Gasteiger partial charge in [-0.15, -0.1) is 0 Å². The molecule has 1 fully saturated rings. The molecule has 2 aliphatic rings. The van der Waals surface area contributed by atoms with Crippen molar-refractivity contribution in [1.29, 1.82) is 0 Å². The molecule has 6 rings (SSSR count). The number of sulfonamides is 1. The van der Waals surface area contributed by atoms with Gasteiger partial charge in [-0.2, -0.15) is 4.98 Å². The van der Waals surface area contributed by atoms with Gasteiger partial charge in [-0.3, -0.25) is 14.9 Å². The lowest BCUT2D eigenvalue weighted by Crippen LogP contribution is -2.38. The van der Waals surface area contributed by atoms with Gasteiger partial charge in [0.2, 0.25) is 5.88 Å². The van der Waals surface area contributed by atoms with E-state index in [0.29, 0.717) is 29.4 Å². The Kier molecular flexibility index (Phi) is 7.35. The Morgan fingerprint density at radius 1 is 1.12 bits per heavy atom. The van der Waals surface area contributed by atoms with Crippen LogP contribution in [0.25, 0.3) is 11.0 Å². The third-order valence-electron chi connectivity index (χ3n) is 7.45. The highest BCUT2D eigenvalue weighted by molar-refractivity contribution is 7.90. The first-order valence-electron chi connectivity index (χ1n) is 13.5. The fourth-order valence-electron chi connectivity index (χ4n) is 5.14. The molecular formula is C28H27FN6O7S. The molecule has 13 nitrogen and oxygen atoms in total. The molecule has 1 amide bonds. The molecule has 4 aromatic rings. The lowest BCUT2D eigenvalue weighted by atomic mass is 9.96. The van der Waals surface area contributed by atoms with Crippen molar-refractivity contribution in [2.24, 2.45) is 0 Å². The Labute approximate surface area is 245 Å². The van der Waals surface area contributed by atoms with Crippen molar-refractivity contribution in [2.45, 2.75) is 23.4 Å². The van der Waals surface area contributed by atoms with Crippen molar-refractivity contribution in [3.8, 4) is 5.88 Å². The number of para-hydroxylation sites is 1. The summed E-state index contributed by atoms with van der Waals surface area (Å²) in [6.45, 7) is 0.932. The van der Waals surface area contributed by atoms with Gasteiger partial charge in [-0.25, -0.2) is 17.5 Å². The minimum Gasteiger partial charge on any atom is -0.474 e. The Hall–Kier alpha value is -4.76. The summed E-state index contributed by atoms with van der Waals surface area (Å²) in [7, 11) is -4.54. The van der Waals surface area contributed by atoms with Crippen LogP contribution in [0.1, 0.15) is 23.2 Å². The van der Waals surface area contributed by atoms with Crippen LogP contribution in [0.2, 0.25) is 0 Å². The highest BCUT2D eigenvalue weighted by Gasteiger charge is 2.33. The Morgan fingerprint density at radius 2 is 1.91 bits per heavy atom. The summed E-state index contributed by atoms with van der Waals surface area (Å²) in [6.07, 6.45) is 2.02. The average Bonchev–Trinajstić information content (AvgIpc) is 3.46. The van der Waals surface area contributed by atoms with Crippen LogP contribution in [-0.4, -0.2) is 67.8 Å². The summed E-state index contributed by atoms with van der Waals surface area (Å²) in [5, 5.41) is 15.4. The fraction of sp³-hybridized carbons (Fsp3) is 0.286. The van der Waals surface area contributed by atoms with E-state index in [1.54, 1.807) is 24.4 Å². The number of carbonyl (C=O) groups excluding carboxylic acids is 1. The molecule has 2 aromatic carbocycles. The van der Waals surface area contributed by atoms with Gasteiger partial charge in [0, 0.05) is 50.2 Å². The van der Waals surface area contributed by atoms with Gasteiger partial charge in [0.15, 0.2) is 0 Å². The van der Waals surface area contributed by atoms with Gasteiger partial charge >= 0.3 is 0 Å². The number of fused-ring (bicyclic) bond motifs is 2. The van der Waals surface area contributed by atoms with Crippen molar-refractivity contribution >= 4 is 49.7 Å². The predicted octanol–water partition coefficient (Wildman–Crippen LogP) is 4.05. The standard InChI is InChI=1S/C28H27FN6O7S/c29-28(8-12-41-13-9-28)17-31-21-6-5-19(16-23(21)35(37)38)43(39,40)33-26(36)20-3-1-2-4-22(20)34-11-14-42-27-24(34)15-18-7-10-30-25(18)32-27/h1-7,10,15-16,31H,8-9,11-14,17H2,(H,30,32)(H,33,36). The average molecular weight is 611 g/mol. The highest BCUT2D eigenvalue weighted by Crippen LogP contribution is 2.39. The maximum Gasteiger partial charge on any atom is 0.293 e. The van der Waals surface area contributed by atoms with E-state index in [0.717, 1.165) is 17.5 Å². The Balaban J connectivity index is 1.25. The van der Waals surface area contributed by atoms with Crippen molar-refractivity contribution in [3.05, 3.63) is 76.5 Å². The van der Waals surface area contributed by atoms with Crippen molar-refractivity contribution in [1.82, 2.24) is 14.7 Å². The number of rotatable bonds is 8. The van der Waals surface area contributed by atoms with E-state index in [1.165, 1.54) is 12.1 Å². The summed E-state index contributed by atoms with van der Waals surface area (Å²) in [4.78, 5) is 33.3. The molecule has 0 bridgehead atoms. The van der Waals surface area contributed by atoms with E-state index in [1.807, 2.05) is 21.8 Å². The number of hydrogen-bond acceptors (Lipinski definition) is 10. The van der Waals surface area contributed by atoms with E-state index in [9.17, 15) is 27.7 Å². The molecule has 224 valence electrons. The summed E-state index contributed by atoms with van der Waals surface area (Å²) >= 11 is 0. The molecule has 0 aliphatic carbocycles. The zero-order chi connectivity index (χ0) is 30.2. The van der Waals surface area contributed by atoms with Crippen LogP contribution in [0, 0.1) is 10.1 Å². The molecule has 0 saturated carbocycles. The van der Waals surface area contributed by atoms with Crippen LogP contribution < -0.4 is 19.7 Å². The molecule has 0 atom stereocenters. The smallest absolute Gasteiger partial charge is 0.293 e. The van der Waals surface area contributed by atoms with Crippen LogP contribution in [0.5, 0.6) is 5.88 Å². The van der Waals surface area contributed by atoms with Crippen LogP contribution in [-0.2, 0) is 14.8 Å². The lowest BCUT2D eigenvalue weighted by molar-refractivity contribution is -0.384. The van der Waals surface area contributed by atoms with E-state index in [2.05, 4.69) is 15.3 Å². The van der Waals surface area contributed by atoms with Crippen LogP contribution >= 0.6 is 0 Å². The van der Waals surface area contributed by atoms with Gasteiger partial charge in [0.05, 0.1) is 27.6 Å². The van der Waals surface area contributed by atoms with Gasteiger partial charge in [0.1, 0.15) is 29.3 Å². The Bertz CT molecular complexity index is 1820. The van der Waals surface area contributed by atoms with Crippen LogP contribution in [0.15, 0.2) is 65.7 Å². The third kappa shape index (κ3) is 5.68. The number of ether oxygens (including phenoxy) is 2.